The van der Waals surface area contributed by atoms with Crippen LogP contribution in [0.5, 0.6) is 0 Å². The average molecular weight is 317 g/mol. The molecule has 0 aliphatic rings. The van der Waals surface area contributed by atoms with E-state index in [1.165, 1.54) is 12.1 Å². The van der Waals surface area contributed by atoms with Crippen LogP contribution in [0.4, 0.5) is 4.39 Å². The molecule has 0 bridgehead atoms. The number of halogens is 1. The first-order valence-corrected chi connectivity index (χ1v) is 7.73. The standard InChI is InChI=1S/C20H16FN3/c1-2-3-4-20-23-19(16-7-9-17(21)10-8-16)14-24(20)18-11-5-15(13-22)6-12-18/h3-12,14H,2H2,1H3. The maximum Gasteiger partial charge on any atom is 0.137 e. The smallest absolute Gasteiger partial charge is 0.137 e. The van der Waals surface area contributed by atoms with Gasteiger partial charge in [-0.25, -0.2) is 9.37 Å². The van der Waals surface area contributed by atoms with Crippen molar-refractivity contribution in [1.82, 2.24) is 9.55 Å². The molecule has 0 aliphatic heterocycles. The predicted octanol–water partition coefficient (Wildman–Crippen LogP) is 4.97. The van der Waals surface area contributed by atoms with E-state index in [9.17, 15) is 4.39 Å². The van der Waals surface area contributed by atoms with E-state index in [4.69, 9.17) is 5.26 Å². The Morgan fingerprint density at radius 2 is 1.83 bits per heavy atom. The molecule has 0 radical (unpaired) electrons. The van der Waals surface area contributed by atoms with E-state index in [2.05, 4.69) is 18.0 Å². The van der Waals surface area contributed by atoms with Gasteiger partial charge in [0.1, 0.15) is 11.6 Å². The summed E-state index contributed by atoms with van der Waals surface area (Å²) in [7, 11) is 0. The first-order chi connectivity index (χ1) is 11.7. The van der Waals surface area contributed by atoms with Crippen molar-refractivity contribution in [3.05, 3.63) is 78.0 Å². The first-order valence-electron chi connectivity index (χ1n) is 7.73. The van der Waals surface area contributed by atoms with Crippen LogP contribution in [0, 0.1) is 17.1 Å². The SMILES string of the molecule is CCC=Cc1nc(-c2ccc(F)cc2)cn1-c1ccc(C#N)cc1. The number of hydrogen-bond donors (Lipinski definition) is 0. The number of allylic oxidation sites excluding steroid dienone is 1. The van der Waals surface area contributed by atoms with Gasteiger partial charge in [0.05, 0.1) is 17.3 Å². The largest absolute Gasteiger partial charge is 0.300 e. The van der Waals surface area contributed by atoms with E-state index in [-0.39, 0.29) is 5.82 Å². The number of nitriles is 1. The number of nitrogens with zero attached hydrogens (tertiary/aromatic N) is 3. The molecular formula is C20H16FN3. The monoisotopic (exact) mass is 317 g/mol. The van der Waals surface area contributed by atoms with Crippen LogP contribution in [-0.4, -0.2) is 9.55 Å². The maximum atomic E-state index is 13.1. The third-order valence-corrected chi connectivity index (χ3v) is 3.65. The van der Waals surface area contributed by atoms with E-state index in [1.807, 2.05) is 35.0 Å². The summed E-state index contributed by atoms with van der Waals surface area (Å²) in [5, 5.41) is 8.93. The molecule has 0 saturated heterocycles. The molecule has 0 spiro atoms. The predicted molar refractivity (Wildman–Crippen MR) is 93.0 cm³/mol. The number of rotatable bonds is 4. The van der Waals surface area contributed by atoms with Crippen LogP contribution in [0.1, 0.15) is 24.7 Å². The Balaban J connectivity index is 2.07. The fourth-order valence-corrected chi connectivity index (χ4v) is 2.40. The Labute approximate surface area is 140 Å². The number of aromatic nitrogens is 2. The van der Waals surface area contributed by atoms with Crippen LogP contribution in [0.3, 0.4) is 0 Å². The fraction of sp³-hybridized carbons (Fsp3) is 0.100. The zero-order valence-electron chi connectivity index (χ0n) is 13.3. The van der Waals surface area contributed by atoms with Gasteiger partial charge in [-0.15, -0.1) is 0 Å². The van der Waals surface area contributed by atoms with Crippen LogP contribution < -0.4 is 0 Å². The number of imidazole rings is 1. The van der Waals surface area contributed by atoms with Gasteiger partial charge in [-0.3, -0.25) is 4.57 Å². The first kappa shape index (κ1) is 15.7. The lowest BCUT2D eigenvalue weighted by Gasteiger charge is -2.04. The summed E-state index contributed by atoms with van der Waals surface area (Å²) in [6, 6.07) is 15.7. The van der Waals surface area contributed by atoms with Crippen molar-refractivity contribution in [2.24, 2.45) is 0 Å². The van der Waals surface area contributed by atoms with Gasteiger partial charge in [-0.05, 0) is 61.0 Å². The maximum absolute atomic E-state index is 13.1. The van der Waals surface area contributed by atoms with Crippen molar-refractivity contribution in [3.63, 3.8) is 0 Å². The van der Waals surface area contributed by atoms with Crippen LogP contribution in [0.2, 0.25) is 0 Å². The molecule has 0 unspecified atom stereocenters. The molecular weight excluding hydrogens is 301 g/mol. The topological polar surface area (TPSA) is 41.6 Å². The second kappa shape index (κ2) is 6.93. The third-order valence-electron chi connectivity index (χ3n) is 3.65. The molecule has 0 fully saturated rings. The van der Waals surface area contributed by atoms with Crippen molar-refractivity contribution in [2.45, 2.75) is 13.3 Å². The van der Waals surface area contributed by atoms with Gasteiger partial charge in [0.25, 0.3) is 0 Å². The van der Waals surface area contributed by atoms with Crippen molar-refractivity contribution >= 4 is 6.08 Å². The lowest BCUT2D eigenvalue weighted by atomic mass is 10.2. The van der Waals surface area contributed by atoms with Crippen LogP contribution >= 0.6 is 0 Å². The van der Waals surface area contributed by atoms with Gasteiger partial charge < -0.3 is 0 Å². The Morgan fingerprint density at radius 1 is 1.12 bits per heavy atom. The number of hydrogen-bond acceptors (Lipinski definition) is 2. The van der Waals surface area contributed by atoms with E-state index in [0.29, 0.717) is 5.56 Å². The van der Waals surface area contributed by atoms with Gasteiger partial charge >= 0.3 is 0 Å². The van der Waals surface area contributed by atoms with E-state index in [0.717, 1.165) is 29.2 Å². The van der Waals surface area contributed by atoms with Crippen LogP contribution in [0.15, 0.2) is 60.8 Å². The van der Waals surface area contributed by atoms with Gasteiger partial charge in [0, 0.05) is 17.4 Å². The number of benzene rings is 2. The van der Waals surface area contributed by atoms with Gasteiger partial charge in [0.2, 0.25) is 0 Å². The molecule has 1 heterocycles. The summed E-state index contributed by atoms with van der Waals surface area (Å²) < 4.78 is 15.1. The molecule has 0 aliphatic carbocycles. The molecule has 3 nitrogen and oxygen atoms in total. The van der Waals surface area contributed by atoms with E-state index >= 15 is 0 Å². The molecule has 0 amide bonds. The van der Waals surface area contributed by atoms with Crippen molar-refractivity contribution in [1.29, 1.82) is 5.26 Å². The summed E-state index contributed by atoms with van der Waals surface area (Å²) in [6.07, 6.45) is 6.83. The highest BCUT2D eigenvalue weighted by Crippen LogP contribution is 2.23. The second-order valence-electron chi connectivity index (χ2n) is 5.33. The zero-order chi connectivity index (χ0) is 16.9. The Hall–Kier alpha value is -3.19. The van der Waals surface area contributed by atoms with E-state index in [1.54, 1.807) is 24.3 Å². The molecule has 0 N–H and O–H groups in total. The Bertz CT molecular complexity index is 898. The average Bonchev–Trinajstić information content (AvgIpc) is 3.04. The Morgan fingerprint density at radius 3 is 2.46 bits per heavy atom. The highest BCUT2D eigenvalue weighted by Gasteiger charge is 2.09. The van der Waals surface area contributed by atoms with Crippen molar-refractivity contribution in [3.8, 4) is 23.0 Å². The second-order valence-corrected chi connectivity index (χ2v) is 5.33. The zero-order valence-corrected chi connectivity index (χ0v) is 13.3. The van der Waals surface area contributed by atoms with Gasteiger partial charge in [-0.2, -0.15) is 5.26 Å². The highest BCUT2D eigenvalue weighted by molar-refractivity contribution is 5.62. The minimum absolute atomic E-state index is 0.267. The summed E-state index contributed by atoms with van der Waals surface area (Å²) in [6.45, 7) is 2.06. The lowest BCUT2D eigenvalue weighted by Crippen LogP contribution is -1.95. The molecule has 3 rings (SSSR count). The minimum Gasteiger partial charge on any atom is -0.300 e. The summed E-state index contributed by atoms with van der Waals surface area (Å²) in [5.74, 6) is 0.525. The minimum atomic E-state index is -0.267. The normalized spacial score (nSPS) is 10.9. The quantitative estimate of drug-likeness (QED) is 0.681. The van der Waals surface area contributed by atoms with Crippen LogP contribution in [0.25, 0.3) is 23.0 Å². The van der Waals surface area contributed by atoms with Crippen LogP contribution in [-0.2, 0) is 0 Å². The lowest BCUT2D eigenvalue weighted by molar-refractivity contribution is 0.628. The van der Waals surface area contributed by atoms with Gasteiger partial charge in [-0.1, -0.05) is 13.0 Å². The van der Waals surface area contributed by atoms with Gasteiger partial charge in [0.15, 0.2) is 0 Å². The molecule has 0 saturated carbocycles. The molecule has 2 aromatic carbocycles. The summed E-state index contributed by atoms with van der Waals surface area (Å²) in [5.41, 5.74) is 3.17. The molecule has 118 valence electrons. The fourth-order valence-electron chi connectivity index (χ4n) is 2.40. The third kappa shape index (κ3) is 3.26. The Kier molecular flexibility index (Phi) is 4.53. The molecule has 3 aromatic rings. The summed E-state index contributed by atoms with van der Waals surface area (Å²) >= 11 is 0. The molecule has 4 heteroatoms. The highest BCUT2D eigenvalue weighted by atomic mass is 19.1. The van der Waals surface area contributed by atoms with E-state index < -0.39 is 0 Å². The summed E-state index contributed by atoms with van der Waals surface area (Å²) in [4.78, 5) is 4.66. The molecule has 1 aromatic heterocycles. The van der Waals surface area contributed by atoms with Crippen molar-refractivity contribution in [2.75, 3.05) is 0 Å². The van der Waals surface area contributed by atoms with Crippen molar-refractivity contribution < 1.29 is 4.39 Å². The molecule has 24 heavy (non-hydrogen) atoms. The molecule has 0 atom stereocenters.